The van der Waals surface area contributed by atoms with E-state index in [0.717, 1.165) is 12.2 Å². The zero-order valence-electron chi connectivity index (χ0n) is 15.8. The Morgan fingerprint density at radius 2 is 1.81 bits per heavy atom. The highest BCUT2D eigenvalue weighted by molar-refractivity contribution is 7.99. The molecule has 2 N–H and O–H groups in total. The Labute approximate surface area is 164 Å². The van der Waals surface area contributed by atoms with Gasteiger partial charge < -0.3 is 15.4 Å². The number of aryl methyl sites for hydroxylation is 1. The van der Waals surface area contributed by atoms with Crippen molar-refractivity contribution in [2.45, 2.75) is 19.1 Å². The van der Waals surface area contributed by atoms with Gasteiger partial charge in [-0.2, -0.15) is 0 Å². The first-order valence-electron chi connectivity index (χ1n) is 8.89. The molecule has 5 nitrogen and oxygen atoms in total. The summed E-state index contributed by atoms with van der Waals surface area (Å²) in [4.78, 5) is 24.6. The molecule has 2 amide bonds. The summed E-state index contributed by atoms with van der Waals surface area (Å²) in [7, 11) is 1.63. The minimum atomic E-state index is -0.200. The molecule has 144 valence electrons. The van der Waals surface area contributed by atoms with Crippen LogP contribution in [0.25, 0.3) is 0 Å². The molecule has 0 aliphatic heterocycles. The molecule has 0 saturated heterocycles. The van der Waals surface area contributed by atoms with Crippen molar-refractivity contribution >= 4 is 29.3 Å². The van der Waals surface area contributed by atoms with Gasteiger partial charge in [-0.3, -0.25) is 9.59 Å². The van der Waals surface area contributed by atoms with E-state index in [1.807, 2.05) is 0 Å². The van der Waals surface area contributed by atoms with Crippen LogP contribution in [0.15, 0.2) is 48.5 Å². The van der Waals surface area contributed by atoms with Crippen molar-refractivity contribution in [3.63, 3.8) is 0 Å². The molecular weight excluding hydrogens is 360 g/mol. The van der Waals surface area contributed by atoms with Gasteiger partial charge in [-0.1, -0.05) is 42.0 Å². The van der Waals surface area contributed by atoms with E-state index in [0.29, 0.717) is 30.2 Å². The highest BCUT2D eigenvalue weighted by Gasteiger charge is 2.12. The maximum absolute atomic E-state index is 12.3. The number of rotatable bonds is 10. The minimum absolute atomic E-state index is 0.119. The van der Waals surface area contributed by atoms with Crippen molar-refractivity contribution in [2.75, 3.05) is 31.3 Å². The molecule has 2 aromatic rings. The molecule has 27 heavy (non-hydrogen) atoms. The normalized spacial score (nSPS) is 10.4. The van der Waals surface area contributed by atoms with Crippen molar-refractivity contribution in [1.82, 2.24) is 5.32 Å². The number of ether oxygens (including phenoxy) is 1. The quantitative estimate of drug-likeness (QED) is 0.612. The van der Waals surface area contributed by atoms with Gasteiger partial charge in [-0.15, -0.1) is 11.8 Å². The van der Waals surface area contributed by atoms with Crippen molar-refractivity contribution in [3.8, 4) is 0 Å². The van der Waals surface area contributed by atoms with Crippen LogP contribution in [-0.4, -0.2) is 37.8 Å². The van der Waals surface area contributed by atoms with Crippen LogP contribution in [0.3, 0.4) is 0 Å². The van der Waals surface area contributed by atoms with E-state index in [9.17, 15) is 9.59 Å². The van der Waals surface area contributed by atoms with Gasteiger partial charge in [0, 0.05) is 26.0 Å². The number of nitrogens with one attached hydrogen (secondary N) is 2. The van der Waals surface area contributed by atoms with E-state index in [1.54, 1.807) is 43.1 Å². The Morgan fingerprint density at radius 1 is 1.07 bits per heavy atom. The molecule has 0 aliphatic carbocycles. The second-order valence-corrected chi connectivity index (χ2v) is 7.16. The number of thioether (sulfide) groups is 1. The zero-order valence-corrected chi connectivity index (χ0v) is 16.6. The number of anilines is 1. The molecule has 6 heteroatoms. The summed E-state index contributed by atoms with van der Waals surface area (Å²) in [5, 5.41) is 5.68. The number of para-hydroxylation sites is 1. The first kappa shape index (κ1) is 21.0. The van der Waals surface area contributed by atoms with Gasteiger partial charge in [0.25, 0.3) is 5.91 Å². The average molecular weight is 387 g/mol. The SMILES string of the molecule is COCCCNC(=O)c1ccccc1NC(=O)CSCc1ccc(C)cc1. The maximum Gasteiger partial charge on any atom is 0.253 e. The lowest BCUT2D eigenvalue weighted by atomic mass is 10.1. The number of benzene rings is 2. The van der Waals surface area contributed by atoms with E-state index in [4.69, 9.17) is 4.74 Å². The van der Waals surface area contributed by atoms with E-state index >= 15 is 0 Å². The first-order chi connectivity index (χ1) is 13.1. The van der Waals surface area contributed by atoms with Crippen molar-refractivity contribution in [2.24, 2.45) is 0 Å². The first-order valence-corrected chi connectivity index (χ1v) is 10.0. The van der Waals surface area contributed by atoms with Crippen LogP contribution in [0.1, 0.15) is 27.9 Å². The van der Waals surface area contributed by atoms with Crippen LogP contribution < -0.4 is 10.6 Å². The van der Waals surface area contributed by atoms with Gasteiger partial charge in [0.2, 0.25) is 5.91 Å². The molecule has 2 rings (SSSR count). The fraction of sp³-hybridized carbons (Fsp3) is 0.333. The summed E-state index contributed by atoms with van der Waals surface area (Å²) in [6.45, 7) is 3.17. The number of hydrogen-bond acceptors (Lipinski definition) is 4. The zero-order chi connectivity index (χ0) is 19.5. The number of carbonyl (C=O) groups excluding carboxylic acids is 2. The van der Waals surface area contributed by atoms with Gasteiger partial charge >= 0.3 is 0 Å². The molecule has 0 aliphatic rings. The van der Waals surface area contributed by atoms with Crippen LogP contribution in [0, 0.1) is 6.92 Å². The monoisotopic (exact) mass is 386 g/mol. The minimum Gasteiger partial charge on any atom is -0.385 e. The van der Waals surface area contributed by atoms with Crippen LogP contribution in [-0.2, 0) is 15.3 Å². The Kier molecular flexibility index (Phi) is 8.87. The third kappa shape index (κ3) is 7.45. The van der Waals surface area contributed by atoms with Crippen LogP contribution in [0.4, 0.5) is 5.69 Å². The van der Waals surface area contributed by atoms with Gasteiger partial charge in [0.05, 0.1) is 17.0 Å². The van der Waals surface area contributed by atoms with Crippen molar-refractivity contribution in [1.29, 1.82) is 0 Å². The third-order valence-electron chi connectivity index (χ3n) is 3.88. The molecule has 0 bridgehead atoms. The highest BCUT2D eigenvalue weighted by atomic mass is 32.2. The van der Waals surface area contributed by atoms with Gasteiger partial charge in [0.1, 0.15) is 0 Å². The number of methoxy groups -OCH3 is 1. The van der Waals surface area contributed by atoms with Crippen molar-refractivity contribution in [3.05, 3.63) is 65.2 Å². The molecule has 2 aromatic carbocycles. The fourth-order valence-corrected chi connectivity index (χ4v) is 3.22. The van der Waals surface area contributed by atoms with Crippen LogP contribution in [0.5, 0.6) is 0 Å². The maximum atomic E-state index is 12.3. The highest BCUT2D eigenvalue weighted by Crippen LogP contribution is 2.17. The molecule has 0 fully saturated rings. The van der Waals surface area contributed by atoms with Gasteiger partial charge in [-0.05, 0) is 31.0 Å². The third-order valence-corrected chi connectivity index (χ3v) is 4.88. The van der Waals surface area contributed by atoms with E-state index in [-0.39, 0.29) is 11.8 Å². The van der Waals surface area contributed by atoms with E-state index in [1.165, 1.54) is 11.1 Å². The summed E-state index contributed by atoms with van der Waals surface area (Å²) in [6.07, 6.45) is 0.742. The standard InChI is InChI=1S/C21H26N2O3S/c1-16-8-10-17(11-9-16)14-27-15-20(24)23-19-7-4-3-6-18(19)21(25)22-12-5-13-26-2/h3-4,6-11H,5,12-15H2,1-2H3,(H,22,25)(H,23,24). The Balaban J connectivity index is 1.84. The van der Waals surface area contributed by atoms with E-state index in [2.05, 4.69) is 41.8 Å². The molecular formula is C21H26N2O3S. The summed E-state index contributed by atoms with van der Waals surface area (Å²) in [5.74, 6) is 0.786. The van der Waals surface area contributed by atoms with Gasteiger partial charge in [-0.25, -0.2) is 0 Å². The predicted molar refractivity (Wildman–Crippen MR) is 111 cm³/mol. The molecule has 0 heterocycles. The molecule has 0 unspecified atom stereocenters. The summed E-state index contributed by atoms with van der Waals surface area (Å²) in [5.41, 5.74) is 3.40. The molecule has 0 atom stereocenters. The lowest BCUT2D eigenvalue weighted by Gasteiger charge is -2.11. The van der Waals surface area contributed by atoms with Gasteiger partial charge in [0.15, 0.2) is 0 Å². The average Bonchev–Trinajstić information content (AvgIpc) is 2.67. The Bertz CT molecular complexity index is 747. The predicted octanol–water partition coefficient (Wildman–Crippen LogP) is 3.63. The summed E-state index contributed by atoms with van der Waals surface area (Å²) >= 11 is 1.55. The van der Waals surface area contributed by atoms with Crippen LogP contribution >= 0.6 is 11.8 Å². The van der Waals surface area contributed by atoms with Crippen molar-refractivity contribution < 1.29 is 14.3 Å². The number of hydrogen-bond donors (Lipinski definition) is 2. The Hall–Kier alpha value is -2.31. The smallest absolute Gasteiger partial charge is 0.253 e. The second-order valence-electron chi connectivity index (χ2n) is 6.17. The largest absolute Gasteiger partial charge is 0.385 e. The number of amides is 2. The Morgan fingerprint density at radius 3 is 2.56 bits per heavy atom. The molecule has 0 saturated carbocycles. The summed E-state index contributed by atoms with van der Waals surface area (Å²) in [6, 6.07) is 15.3. The second kappa shape index (κ2) is 11.4. The molecule has 0 aromatic heterocycles. The van der Waals surface area contributed by atoms with E-state index < -0.39 is 0 Å². The number of carbonyl (C=O) groups is 2. The van der Waals surface area contributed by atoms with Crippen LogP contribution in [0.2, 0.25) is 0 Å². The topological polar surface area (TPSA) is 67.4 Å². The molecule has 0 radical (unpaired) electrons. The summed E-state index contributed by atoms with van der Waals surface area (Å²) < 4.78 is 4.97. The lowest BCUT2D eigenvalue weighted by Crippen LogP contribution is -2.27. The lowest BCUT2D eigenvalue weighted by molar-refractivity contribution is -0.113. The fourth-order valence-electron chi connectivity index (χ4n) is 2.44. The molecule has 0 spiro atoms.